The van der Waals surface area contributed by atoms with Crippen molar-refractivity contribution in [2.75, 3.05) is 0 Å². The van der Waals surface area contributed by atoms with Crippen LogP contribution >= 0.6 is 0 Å². The average molecular weight is 250 g/mol. The second-order valence-electron chi connectivity index (χ2n) is 4.46. The lowest BCUT2D eigenvalue weighted by Crippen LogP contribution is -2.38. The van der Waals surface area contributed by atoms with Gasteiger partial charge in [0.1, 0.15) is 5.75 Å². The zero-order valence-corrected chi connectivity index (χ0v) is 9.68. The number of fused-ring (bicyclic) bond motifs is 3. The minimum absolute atomic E-state index is 0.00495. The number of carbonyl (C=O) groups excluding carboxylic acids is 1. The van der Waals surface area contributed by atoms with Gasteiger partial charge in [0.05, 0.1) is 5.39 Å². The number of phenolic OH excluding ortho intramolecular Hbond substituents is 2. The van der Waals surface area contributed by atoms with Crippen LogP contribution in [0.5, 0.6) is 17.4 Å². The standard InChI is InChI=1S/C12H10O6/c1-12(2)17-10(15)8-7-5(13)3-4-6(14)9(7)16-11(8)18-12/h3-4,13-14H,1-2H3. The van der Waals surface area contributed by atoms with E-state index in [1.54, 1.807) is 13.8 Å². The fourth-order valence-electron chi connectivity index (χ4n) is 1.93. The van der Waals surface area contributed by atoms with Gasteiger partial charge < -0.3 is 24.1 Å². The van der Waals surface area contributed by atoms with Crippen LogP contribution in [0.15, 0.2) is 16.5 Å². The third-order valence-electron chi connectivity index (χ3n) is 2.64. The van der Waals surface area contributed by atoms with Crippen molar-refractivity contribution in [3.63, 3.8) is 0 Å². The summed E-state index contributed by atoms with van der Waals surface area (Å²) in [5.74, 6) is -2.26. The summed E-state index contributed by atoms with van der Waals surface area (Å²) in [6.45, 7) is 3.11. The van der Waals surface area contributed by atoms with E-state index in [9.17, 15) is 15.0 Å². The lowest BCUT2D eigenvalue weighted by Gasteiger charge is -2.28. The highest BCUT2D eigenvalue weighted by Crippen LogP contribution is 2.45. The Morgan fingerprint density at radius 3 is 2.50 bits per heavy atom. The highest BCUT2D eigenvalue weighted by molar-refractivity contribution is 6.09. The number of ether oxygens (including phenoxy) is 2. The average Bonchev–Trinajstić information content (AvgIpc) is 2.62. The monoisotopic (exact) mass is 250 g/mol. The molecule has 0 saturated heterocycles. The highest BCUT2D eigenvalue weighted by atomic mass is 16.8. The summed E-state index contributed by atoms with van der Waals surface area (Å²) in [7, 11) is 0. The van der Waals surface area contributed by atoms with E-state index in [0.717, 1.165) is 0 Å². The number of aromatic hydroxyl groups is 2. The Balaban J connectivity index is 2.37. The van der Waals surface area contributed by atoms with E-state index < -0.39 is 11.8 Å². The van der Waals surface area contributed by atoms with E-state index >= 15 is 0 Å². The van der Waals surface area contributed by atoms with Gasteiger partial charge in [0, 0.05) is 13.8 Å². The first-order chi connectivity index (χ1) is 8.39. The molecule has 6 nitrogen and oxygen atoms in total. The molecule has 1 aliphatic heterocycles. The Labute approximate surface area is 101 Å². The molecule has 2 N–H and O–H groups in total. The van der Waals surface area contributed by atoms with Crippen molar-refractivity contribution in [2.45, 2.75) is 19.6 Å². The third kappa shape index (κ3) is 1.32. The molecule has 0 fully saturated rings. The number of carbonyl (C=O) groups is 1. The Kier molecular flexibility index (Phi) is 1.85. The first-order valence-corrected chi connectivity index (χ1v) is 5.29. The van der Waals surface area contributed by atoms with Crippen molar-refractivity contribution in [3.05, 3.63) is 17.7 Å². The fourth-order valence-corrected chi connectivity index (χ4v) is 1.93. The Morgan fingerprint density at radius 2 is 1.78 bits per heavy atom. The van der Waals surface area contributed by atoms with Gasteiger partial charge in [-0.25, -0.2) is 4.79 Å². The molecule has 2 heterocycles. The van der Waals surface area contributed by atoms with E-state index in [-0.39, 0.29) is 34.0 Å². The number of furan rings is 1. The molecule has 0 radical (unpaired) electrons. The molecule has 0 atom stereocenters. The van der Waals surface area contributed by atoms with Crippen LogP contribution < -0.4 is 4.74 Å². The van der Waals surface area contributed by atoms with Crippen molar-refractivity contribution in [1.82, 2.24) is 0 Å². The predicted octanol–water partition coefficient (Wildman–Crippen LogP) is 2.13. The van der Waals surface area contributed by atoms with Crippen LogP contribution in [-0.4, -0.2) is 22.0 Å². The van der Waals surface area contributed by atoms with Crippen LogP contribution in [0.2, 0.25) is 0 Å². The van der Waals surface area contributed by atoms with Crippen molar-refractivity contribution in [3.8, 4) is 17.4 Å². The maximum Gasteiger partial charge on any atom is 0.349 e. The van der Waals surface area contributed by atoms with Gasteiger partial charge in [-0.15, -0.1) is 0 Å². The number of phenols is 2. The summed E-state index contributed by atoms with van der Waals surface area (Å²) in [4.78, 5) is 11.9. The number of esters is 1. The predicted molar refractivity (Wildman–Crippen MR) is 59.7 cm³/mol. The summed E-state index contributed by atoms with van der Waals surface area (Å²) < 4.78 is 15.7. The van der Waals surface area contributed by atoms with Gasteiger partial charge in [-0.1, -0.05) is 0 Å². The molecule has 1 aromatic heterocycles. The smallest absolute Gasteiger partial charge is 0.349 e. The summed E-state index contributed by atoms with van der Waals surface area (Å²) in [5.41, 5.74) is -0.0209. The molecule has 2 aromatic rings. The number of rotatable bonds is 0. The van der Waals surface area contributed by atoms with Crippen molar-refractivity contribution in [2.24, 2.45) is 0 Å². The van der Waals surface area contributed by atoms with Gasteiger partial charge in [0.15, 0.2) is 16.9 Å². The molecule has 3 rings (SSSR count). The number of hydrogen-bond acceptors (Lipinski definition) is 6. The first-order valence-electron chi connectivity index (χ1n) is 5.29. The maximum atomic E-state index is 11.9. The molecule has 0 aliphatic carbocycles. The van der Waals surface area contributed by atoms with E-state index in [0.29, 0.717) is 0 Å². The Morgan fingerprint density at radius 1 is 1.11 bits per heavy atom. The van der Waals surface area contributed by atoms with Gasteiger partial charge in [0.25, 0.3) is 5.79 Å². The zero-order chi connectivity index (χ0) is 13.1. The third-order valence-corrected chi connectivity index (χ3v) is 2.64. The number of benzene rings is 1. The minimum atomic E-state index is -1.15. The van der Waals surface area contributed by atoms with Crippen LogP contribution in [-0.2, 0) is 4.74 Å². The summed E-state index contributed by atoms with van der Waals surface area (Å²) >= 11 is 0. The molecule has 18 heavy (non-hydrogen) atoms. The minimum Gasteiger partial charge on any atom is -0.507 e. The molecule has 6 heteroatoms. The van der Waals surface area contributed by atoms with Crippen LogP contribution in [0.1, 0.15) is 24.2 Å². The molecule has 94 valence electrons. The van der Waals surface area contributed by atoms with Gasteiger partial charge in [0.2, 0.25) is 0 Å². The lowest BCUT2D eigenvalue weighted by atomic mass is 10.1. The topological polar surface area (TPSA) is 89.1 Å². The lowest BCUT2D eigenvalue weighted by molar-refractivity contribution is -0.136. The molecule has 1 aromatic carbocycles. The normalized spacial score (nSPS) is 17.1. The molecular formula is C12H10O6. The number of cyclic esters (lactones) is 1. The van der Waals surface area contributed by atoms with Crippen LogP contribution in [0, 0.1) is 0 Å². The molecule has 1 aliphatic rings. The van der Waals surface area contributed by atoms with Crippen molar-refractivity contribution >= 4 is 16.9 Å². The van der Waals surface area contributed by atoms with Crippen molar-refractivity contribution in [1.29, 1.82) is 0 Å². The summed E-state index contributed by atoms with van der Waals surface area (Å²) in [6, 6.07) is 2.53. The Bertz CT molecular complexity index is 667. The van der Waals surface area contributed by atoms with E-state index in [4.69, 9.17) is 13.9 Å². The zero-order valence-electron chi connectivity index (χ0n) is 9.68. The van der Waals surface area contributed by atoms with Crippen LogP contribution in [0.3, 0.4) is 0 Å². The second-order valence-corrected chi connectivity index (χ2v) is 4.46. The van der Waals surface area contributed by atoms with Gasteiger partial charge in [-0.3, -0.25) is 0 Å². The summed E-state index contributed by atoms with van der Waals surface area (Å²) in [6.07, 6.45) is 0. The molecule has 0 saturated carbocycles. The van der Waals surface area contributed by atoms with Gasteiger partial charge in [-0.05, 0) is 12.1 Å². The van der Waals surface area contributed by atoms with Crippen LogP contribution in [0.25, 0.3) is 11.0 Å². The second kappa shape index (κ2) is 3.10. The maximum absolute atomic E-state index is 11.9. The van der Waals surface area contributed by atoms with E-state index in [1.807, 2.05) is 0 Å². The fraction of sp³-hybridized carbons (Fsp3) is 0.250. The summed E-state index contributed by atoms with van der Waals surface area (Å²) in [5, 5.41) is 19.5. The van der Waals surface area contributed by atoms with Gasteiger partial charge in [-0.2, -0.15) is 0 Å². The Hall–Kier alpha value is -2.37. The van der Waals surface area contributed by atoms with Crippen molar-refractivity contribution < 1.29 is 28.9 Å². The molecular weight excluding hydrogens is 240 g/mol. The molecule has 0 spiro atoms. The van der Waals surface area contributed by atoms with Gasteiger partial charge >= 0.3 is 11.9 Å². The van der Waals surface area contributed by atoms with E-state index in [1.165, 1.54) is 12.1 Å². The number of hydrogen-bond donors (Lipinski definition) is 2. The quantitative estimate of drug-likeness (QED) is 0.550. The SMILES string of the molecule is CC1(C)OC(=O)c2c(oc3c(O)ccc(O)c23)O1. The first kappa shape index (κ1) is 10.8. The molecule has 0 amide bonds. The van der Waals surface area contributed by atoms with E-state index in [2.05, 4.69) is 0 Å². The van der Waals surface area contributed by atoms with Crippen LogP contribution in [0.4, 0.5) is 0 Å². The largest absolute Gasteiger partial charge is 0.507 e. The molecule has 0 bridgehead atoms. The highest BCUT2D eigenvalue weighted by Gasteiger charge is 2.39. The molecule has 0 unspecified atom stereocenters.